The summed E-state index contributed by atoms with van der Waals surface area (Å²) < 4.78 is 0. The quantitative estimate of drug-likeness (QED) is 0.807. The van der Waals surface area contributed by atoms with Crippen molar-refractivity contribution in [2.75, 3.05) is 13.1 Å². The SMILES string of the molecule is CC(c1cc2cccnc2[nH]1)C1CCNC1. The lowest BCUT2D eigenvalue weighted by molar-refractivity contribution is 0.480. The first kappa shape index (κ1) is 9.85. The van der Waals surface area contributed by atoms with Crippen LogP contribution in [0.2, 0.25) is 0 Å². The Morgan fingerprint density at radius 2 is 2.44 bits per heavy atom. The van der Waals surface area contributed by atoms with Crippen molar-refractivity contribution < 1.29 is 0 Å². The lowest BCUT2D eigenvalue weighted by atomic mass is 9.90. The highest BCUT2D eigenvalue weighted by Gasteiger charge is 2.23. The topological polar surface area (TPSA) is 40.7 Å². The van der Waals surface area contributed by atoms with Crippen LogP contribution in [0, 0.1) is 5.92 Å². The van der Waals surface area contributed by atoms with E-state index in [1.807, 2.05) is 12.3 Å². The summed E-state index contributed by atoms with van der Waals surface area (Å²) in [7, 11) is 0. The number of H-pyrrole nitrogens is 1. The van der Waals surface area contributed by atoms with Crippen molar-refractivity contribution in [1.82, 2.24) is 15.3 Å². The summed E-state index contributed by atoms with van der Waals surface area (Å²) in [5, 5.41) is 4.65. The maximum absolute atomic E-state index is 4.34. The van der Waals surface area contributed by atoms with E-state index >= 15 is 0 Å². The number of nitrogens with zero attached hydrogens (tertiary/aromatic N) is 1. The highest BCUT2D eigenvalue weighted by Crippen LogP contribution is 2.29. The van der Waals surface area contributed by atoms with E-state index in [2.05, 4.69) is 34.3 Å². The molecule has 3 nitrogen and oxygen atoms in total. The summed E-state index contributed by atoms with van der Waals surface area (Å²) in [6, 6.07) is 6.34. The van der Waals surface area contributed by atoms with Crippen LogP contribution in [0.25, 0.3) is 11.0 Å². The zero-order valence-corrected chi connectivity index (χ0v) is 9.53. The minimum atomic E-state index is 0.587. The van der Waals surface area contributed by atoms with Crippen LogP contribution in [-0.4, -0.2) is 23.1 Å². The van der Waals surface area contributed by atoms with Crippen LogP contribution >= 0.6 is 0 Å². The summed E-state index contributed by atoms with van der Waals surface area (Å²) in [6.07, 6.45) is 3.12. The van der Waals surface area contributed by atoms with Gasteiger partial charge in [0, 0.05) is 23.2 Å². The van der Waals surface area contributed by atoms with E-state index in [1.165, 1.54) is 17.5 Å². The van der Waals surface area contributed by atoms with Crippen LogP contribution in [0.15, 0.2) is 24.4 Å². The highest BCUT2D eigenvalue weighted by atomic mass is 14.9. The number of pyridine rings is 1. The Morgan fingerprint density at radius 3 is 3.19 bits per heavy atom. The Balaban J connectivity index is 1.92. The summed E-state index contributed by atoms with van der Waals surface area (Å²) in [5.74, 6) is 1.34. The summed E-state index contributed by atoms with van der Waals surface area (Å²) in [4.78, 5) is 7.77. The van der Waals surface area contributed by atoms with E-state index in [0.717, 1.165) is 24.7 Å². The smallest absolute Gasteiger partial charge is 0.137 e. The third-order valence-electron chi connectivity index (χ3n) is 3.71. The average molecular weight is 215 g/mol. The predicted molar refractivity (Wildman–Crippen MR) is 65.5 cm³/mol. The second-order valence-corrected chi connectivity index (χ2v) is 4.71. The maximum atomic E-state index is 4.34. The Kier molecular flexibility index (Phi) is 2.40. The van der Waals surface area contributed by atoms with E-state index in [0.29, 0.717) is 5.92 Å². The second-order valence-electron chi connectivity index (χ2n) is 4.71. The van der Waals surface area contributed by atoms with Crippen LogP contribution < -0.4 is 5.32 Å². The van der Waals surface area contributed by atoms with Crippen molar-refractivity contribution in [3.63, 3.8) is 0 Å². The molecule has 2 aromatic heterocycles. The first-order valence-corrected chi connectivity index (χ1v) is 5.99. The van der Waals surface area contributed by atoms with Crippen molar-refractivity contribution in [2.45, 2.75) is 19.3 Å². The highest BCUT2D eigenvalue weighted by molar-refractivity contribution is 5.76. The number of nitrogens with one attached hydrogen (secondary N) is 2. The van der Waals surface area contributed by atoms with Crippen molar-refractivity contribution in [2.24, 2.45) is 5.92 Å². The first-order chi connectivity index (χ1) is 7.84. The Hall–Kier alpha value is -1.35. The molecule has 1 aliphatic heterocycles. The van der Waals surface area contributed by atoms with Gasteiger partial charge in [0.25, 0.3) is 0 Å². The standard InChI is InChI=1S/C13H17N3/c1-9(11-4-6-14-8-11)12-7-10-3-2-5-15-13(10)16-12/h2-3,5,7,9,11,14H,4,6,8H2,1H3,(H,15,16). The molecule has 0 amide bonds. The minimum absolute atomic E-state index is 0.587. The average Bonchev–Trinajstić information content (AvgIpc) is 2.97. The fraction of sp³-hybridized carbons (Fsp3) is 0.462. The molecule has 1 saturated heterocycles. The van der Waals surface area contributed by atoms with E-state index in [-0.39, 0.29) is 0 Å². The summed E-state index contributed by atoms with van der Waals surface area (Å²) in [6.45, 7) is 4.61. The normalized spacial score (nSPS) is 22.7. The minimum Gasteiger partial charge on any atom is -0.343 e. The molecular formula is C13H17N3. The van der Waals surface area contributed by atoms with Gasteiger partial charge in [0.1, 0.15) is 5.65 Å². The number of hydrogen-bond acceptors (Lipinski definition) is 2. The molecule has 2 atom stereocenters. The molecule has 3 rings (SSSR count). The third-order valence-corrected chi connectivity index (χ3v) is 3.71. The molecule has 1 aliphatic rings. The molecule has 2 aromatic rings. The van der Waals surface area contributed by atoms with Gasteiger partial charge in [-0.15, -0.1) is 0 Å². The number of aromatic nitrogens is 2. The van der Waals surface area contributed by atoms with Crippen molar-refractivity contribution in [3.05, 3.63) is 30.1 Å². The first-order valence-electron chi connectivity index (χ1n) is 5.99. The molecule has 84 valence electrons. The van der Waals surface area contributed by atoms with Gasteiger partial charge in [-0.05, 0) is 43.6 Å². The van der Waals surface area contributed by atoms with Crippen LogP contribution in [0.4, 0.5) is 0 Å². The summed E-state index contributed by atoms with van der Waals surface area (Å²) in [5.41, 5.74) is 2.33. The van der Waals surface area contributed by atoms with Crippen LogP contribution in [0.1, 0.15) is 25.0 Å². The van der Waals surface area contributed by atoms with Crippen molar-refractivity contribution in [1.29, 1.82) is 0 Å². The van der Waals surface area contributed by atoms with Gasteiger partial charge in [0.2, 0.25) is 0 Å². The molecule has 3 heteroatoms. The fourth-order valence-electron chi connectivity index (χ4n) is 2.58. The van der Waals surface area contributed by atoms with E-state index in [1.54, 1.807) is 0 Å². The number of aromatic amines is 1. The summed E-state index contributed by atoms with van der Waals surface area (Å²) >= 11 is 0. The van der Waals surface area contributed by atoms with Crippen LogP contribution in [0.3, 0.4) is 0 Å². The molecule has 0 bridgehead atoms. The van der Waals surface area contributed by atoms with E-state index in [9.17, 15) is 0 Å². The third kappa shape index (κ3) is 1.61. The van der Waals surface area contributed by atoms with Gasteiger partial charge < -0.3 is 10.3 Å². The molecule has 3 heterocycles. The van der Waals surface area contributed by atoms with Crippen molar-refractivity contribution in [3.8, 4) is 0 Å². The van der Waals surface area contributed by atoms with E-state index < -0.39 is 0 Å². The van der Waals surface area contributed by atoms with Gasteiger partial charge in [-0.2, -0.15) is 0 Å². The maximum Gasteiger partial charge on any atom is 0.137 e. The van der Waals surface area contributed by atoms with Crippen molar-refractivity contribution >= 4 is 11.0 Å². The lowest BCUT2D eigenvalue weighted by Crippen LogP contribution is -2.14. The van der Waals surface area contributed by atoms with Gasteiger partial charge in [-0.3, -0.25) is 0 Å². The van der Waals surface area contributed by atoms with E-state index in [4.69, 9.17) is 0 Å². The lowest BCUT2D eigenvalue weighted by Gasteiger charge is -2.16. The monoisotopic (exact) mass is 215 g/mol. The van der Waals surface area contributed by atoms with Gasteiger partial charge in [0.15, 0.2) is 0 Å². The molecule has 0 radical (unpaired) electrons. The molecule has 2 unspecified atom stereocenters. The second kappa shape index (κ2) is 3.91. The predicted octanol–water partition coefficient (Wildman–Crippen LogP) is 2.28. The Bertz CT molecular complexity index is 450. The molecular weight excluding hydrogens is 198 g/mol. The molecule has 2 N–H and O–H groups in total. The van der Waals surface area contributed by atoms with Gasteiger partial charge >= 0.3 is 0 Å². The largest absolute Gasteiger partial charge is 0.343 e. The zero-order valence-electron chi connectivity index (χ0n) is 9.53. The molecule has 0 spiro atoms. The molecule has 1 fully saturated rings. The fourth-order valence-corrected chi connectivity index (χ4v) is 2.58. The van der Waals surface area contributed by atoms with Gasteiger partial charge in [-0.1, -0.05) is 6.92 Å². The molecule has 16 heavy (non-hydrogen) atoms. The zero-order chi connectivity index (χ0) is 11.0. The van der Waals surface area contributed by atoms with Gasteiger partial charge in [0.05, 0.1) is 0 Å². The number of hydrogen-bond donors (Lipinski definition) is 2. The molecule has 0 aliphatic carbocycles. The number of rotatable bonds is 2. The molecule has 0 aromatic carbocycles. The Labute approximate surface area is 95.3 Å². The molecule has 0 saturated carbocycles. The number of fused-ring (bicyclic) bond motifs is 1. The van der Waals surface area contributed by atoms with Gasteiger partial charge in [-0.25, -0.2) is 4.98 Å². The van der Waals surface area contributed by atoms with Crippen LogP contribution in [-0.2, 0) is 0 Å². The Morgan fingerprint density at radius 1 is 1.50 bits per heavy atom. The van der Waals surface area contributed by atoms with Crippen LogP contribution in [0.5, 0.6) is 0 Å².